The fourth-order valence-electron chi connectivity index (χ4n) is 4.08. The van der Waals surface area contributed by atoms with Crippen LogP contribution in [0, 0.1) is 0 Å². The summed E-state index contributed by atoms with van der Waals surface area (Å²) in [4.78, 5) is 28.4. The van der Waals surface area contributed by atoms with E-state index in [9.17, 15) is 15.0 Å². The van der Waals surface area contributed by atoms with Crippen molar-refractivity contribution in [1.82, 2.24) is 25.2 Å². The number of nitrogens with one attached hydrogen (secondary N) is 3. The second kappa shape index (κ2) is 11.5. The van der Waals surface area contributed by atoms with Gasteiger partial charge in [-0.05, 0) is 55.7 Å². The van der Waals surface area contributed by atoms with E-state index in [1.165, 1.54) is 17.3 Å². The van der Waals surface area contributed by atoms with Gasteiger partial charge in [0.2, 0.25) is 5.95 Å². The van der Waals surface area contributed by atoms with Crippen molar-refractivity contribution in [2.45, 2.75) is 32.4 Å². The Kier molecular flexibility index (Phi) is 8.12. The number of β-amino-alcohol motifs (C(OH)–C–C–N with tert-alkyl or cyclic N) is 1. The maximum absolute atomic E-state index is 12.8. The van der Waals surface area contributed by atoms with E-state index in [1.807, 2.05) is 6.07 Å². The Morgan fingerprint density at radius 1 is 1.19 bits per heavy atom. The number of hydrogen-bond donors (Lipinski definition) is 5. The van der Waals surface area contributed by atoms with Gasteiger partial charge in [0.1, 0.15) is 22.8 Å². The Bertz CT molecular complexity index is 1270. The summed E-state index contributed by atoms with van der Waals surface area (Å²) in [5, 5.41) is 28.7. The predicted octanol–water partition coefficient (Wildman–Crippen LogP) is 2.85. The molecule has 194 valence electrons. The minimum absolute atomic E-state index is 0.136. The Labute approximate surface area is 216 Å². The van der Waals surface area contributed by atoms with Crippen molar-refractivity contribution >= 4 is 29.2 Å². The Hall–Kier alpha value is -3.86. The topological polar surface area (TPSA) is 136 Å². The normalized spacial score (nSPS) is 13.5. The molecule has 0 radical (unpaired) electrons. The Balaban J connectivity index is 1.61. The number of anilines is 4. The molecule has 3 heterocycles. The van der Waals surface area contributed by atoms with Crippen LogP contribution < -0.4 is 16.0 Å². The lowest BCUT2D eigenvalue weighted by molar-refractivity contribution is 0.0740. The lowest BCUT2D eigenvalue weighted by Crippen LogP contribution is -2.32. The minimum atomic E-state index is -1.13. The summed E-state index contributed by atoms with van der Waals surface area (Å²) in [6.45, 7) is 9.72. The first-order chi connectivity index (χ1) is 17.8. The monoisotopic (exact) mass is 503 g/mol. The van der Waals surface area contributed by atoms with E-state index >= 15 is 0 Å². The van der Waals surface area contributed by atoms with Crippen molar-refractivity contribution in [2.24, 2.45) is 0 Å². The van der Waals surface area contributed by atoms with Crippen molar-refractivity contribution in [3.63, 3.8) is 0 Å². The maximum atomic E-state index is 12.8. The number of rotatable bonds is 10. The van der Waals surface area contributed by atoms with Gasteiger partial charge >= 0.3 is 0 Å². The van der Waals surface area contributed by atoms with Crippen molar-refractivity contribution in [1.29, 1.82) is 0 Å². The second-order valence-electron chi connectivity index (χ2n) is 9.40. The van der Waals surface area contributed by atoms with Crippen molar-refractivity contribution in [2.75, 3.05) is 36.9 Å². The molecule has 5 N–H and O–H groups in total. The average molecular weight is 504 g/mol. The van der Waals surface area contributed by atoms with Gasteiger partial charge < -0.3 is 26.2 Å². The number of fused-ring (bicyclic) bond motifs is 1. The van der Waals surface area contributed by atoms with Gasteiger partial charge in [0.05, 0.1) is 12.3 Å². The molecule has 1 aliphatic rings. The number of carbonyl (C=O) groups excluding carboxylic acids is 1. The third-order valence-electron chi connectivity index (χ3n) is 6.03. The number of aliphatic hydroxyl groups excluding tert-OH is 1. The lowest BCUT2D eigenvalue weighted by atomic mass is 9.99. The molecule has 1 amide bonds. The van der Waals surface area contributed by atoms with Gasteiger partial charge in [0.25, 0.3) is 5.91 Å². The molecule has 0 spiro atoms. The highest BCUT2D eigenvalue weighted by atomic mass is 16.3. The average Bonchev–Trinajstić information content (AvgIpc) is 2.87. The van der Waals surface area contributed by atoms with Crippen LogP contribution in [-0.2, 0) is 18.6 Å². The van der Waals surface area contributed by atoms with Crippen LogP contribution in [0.2, 0.25) is 0 Å². The smallest absolute Gasteiger partial charge is 0.256 e. The van der Waals surface area contributed by atoms with Gasteiger partial charge in [-0.1, -0.05) is 18.2 Å². The van der Waals surface area contributed by atoms with E-state index in [1.54, 1.807) is 38.1 Å². The molecule has 0 saturated carbocycles. The summed E-state index contributed by atoms with van der Waals surface area (Å²) in [6, 6.07) is 11.4. The van der Waals surface area contributed by atoms with E-state index in [-0.39, 0.29) is 23.9 Å². The first kappa shape index (κ1) is 26.2. The quantitative estimate of drug-likeness (QED) is 0.265. The highest BCUT2D eigenvalue weighted by molar-refractivity contribution is 5.99. The number of amides is 1. The van der Waals surface area contributed by atoms with Gasteiger partial charge in [-0.15, -0.1) is 6.58 Å². The molecule has 1 aliphatic heterocycles. The molecule has 2 aromatic heterocycles. The lowest BCUT2D eigenvalue weighted by Gasteiger charge is -2.28. The minimum Gasteiger partial charge on any atom is -0.395 e. The largest absolute Gasteiger partial charge is 0.395 e. The second-order valence-corrected chi connectivity index (χ2v) is 9.40. The molecule has 10 heteroatoms. The first-order valence-corrected chi connectivity index (χ1v) is 12.2. The number of carbonyl (C=O) groups is 1. The molecular weight excluding hydrogens is 470 g/mol. The van der Waals surface area contributed by atoms with E-state index in [0.717, 1.165) is 25.2 Å². The first-order valence-electron chi connectivity index (χ1n) is 12.2. The number of benzene rings is 1. The molecular formula is C27H33N7O3. The third kappa shape index (κ3) is 6.67. The Morgan fingerprint density at radius 3 is 2.78 bits per heavy atom. The van der Waals surface area contributed by atoms with E-state index in [2.05, 4.69) is 54.5 Å². The number of pyridine rings is 1. The molecule has 1 aromatic carbocycles. The van der Waals surface area contributed by atoms with Crippen LogP contribution in [0.1, 0.15) is 41.0 Å². The zero-order valence-corrected chi connectivity index (χ0v) is 21.2. The number of nitrogens with zero attached hydrogens (tertiary/aromatic N) is 4. The SMILES string of the molecule is C=CCNC(=O)c1cnc(Nc2ccc3c(c2)CN(CCO)CC3)nc1Nc1cccc(C(C)(C)O)n1. The van der Waals surface area contributed by atoms with Crippen molar-refractivity contribution in [3.05, 3.63) is 77.6 Å². The van der Waals surface area contributed by atoms with Crippen LogP contribution in [0.5, 0.6) is 0 Å². The summed E-state index contributed by atoms with van der Waals surface area (Å²) in [6.07, 6.45) is 3.98. The van der Waals surface area contributed by atoms with E-state index < -0.39 is 5.60 Å². The number of aliphatic hydroxyl groups is 2. The maximum Gasteiger partial charge on any atom is 0.256 e. The van der Waals surface area contributed by atoms with Gasteiger partial charge in [0.15, 0.2) is 0 Å². The van der Waals surface area contributed by atoms with Crippen LogP contribution in [0.15, 0.2) is 55.3 Å². The standard InChI is InChI=1S/C27H33N7O3/c1-4-11-28-25(36)21-16-29-26(33-24(21)32-23-7-5-6-22(31-23)27(2,3)37)30-20-9-8-18-10-12-34(13-14-35)17-19(18)15-20/h4-9,15-16,35,37H,1,10-14,17H2,2-3H3,(H,28,36)(H2,29,30,31,32,33). The molecule has 4 rings (SSSR count). The summed E-state index contributed by atoms with van der Waals surface area (Å²) in [5.41, 5.74) is 2.90. The van der Waals surface area contributed by atoms with Crippen LogP contribution in [-0.4, -0.2) is 62.2 Å². The highest BCUT2D eigenvalue weighted by Gasteiger charge is 2.20. The number of aromatic nitrogens is 3. The molecule has 0 fully saturated rings. The highest BCUT2D eigenvalue weighted by Crippen LogP contribution is 2.26. The van der Waals surface area contributed by atoms with Crippen molar-refractivity contribution < 1.29 is 15.0 Å². The summed E-state index contributed by atoms with van der Waals surface area (Å²) in [5.74, 6) is 0.654. The zero-order chi connectivity index (χ0) is 26.4. The summed E-state index contributed by atoms with van der Waals surface area (Å²) < 4.78 is 0. The molecule has 3 aromatic rings. The molecule has 0 bridgehead atoms. The Morgan fingerprint density at radius 2 is 2.03 bits per heavy atom. The molecule has 0 saturated heterocycles. The molecule has 0 atom stereocenters. The predicted molar refractivity (Wildman–Crippen MR) is 143 cm³/mol. The van der Waals surface area contributed by atoms with Crippen LogP contribution in [0.25, 0.3) is 0 Å². The van der Waals surface area contributed by atoms with Gasteiger partial charge in [0, 0.05) is 38.1 Å². The molecule has 10 nitrogen and oxygen atoms in total. The van der Waals surface area contributed by atoms with Crippen LogP contribution in [0.4, 0.5) is 23.3 Å². The molecule has 37 heavy (non-hydrogen) atoms. The van der Waals surface area contributed by atoms with Gasteiger partial charge in [-0.2, -0.15) is 4.98 Å². The van der Waals surface area contributed by atoms with Crippen molar-refractivity contribution in [3.8, 4) is 0 Å². The van der Waals surface area contributed by atoms with E-state index in [0.29, 0.717) is 30.5 Å². The molecule has 0 aliphatic carbocycles. The van der Waals surface area contributed by atoms with Crippen LogP contribution in [0.3, 0.4) is 0 Å². The number of hydrogen-bond acceptors (Lipinski definition) is 9. The third-order valence-corrected chi connectivity index (χ3v) is 6.03. The summed E-state index contributed by atoms with van der Waals surface area (Å²) in [7, 11) is 0. The van der Waals surface area contributed by atoms with Gasteiger partial charge in [-0.25, -0.2) is 9.97 Å². The van der Waals surface area contributed by atoms with Gasteiger partial charge in [-0.3, -0.25) is 9.69 Å². The summed E-state index contributed by atoms with van der Waals surface area (Å²) >= 11 is 0. The van der Waals surface area contributed by atoms with E-state index in [4.69, 9.17) is 0 Å². The fraction of sp³-hybridized carbons (Fsp3) is 0.333. The molecule has 0 unspecified atom stereocenters. The zero-order valence-electron chi connectivity index (χ0n) is 21.2. The van der Waals surface area contributed by atoms with Crippen LogP contribution >= 0.6 is 0 Å². The fourth-order valence-corrected chi connectivity index (χ4v) is 4.08.